The van der Waals surface area contributed by atoms with Crippen LogP contribution >= 0.6 is 0 Å². The molecule has 1 unspecified atom stereocenters. The third kappa shape index (κ3) is 6.59. The van der Waals surface area contributed by atoms with Gasteiger partial charge in [-0.05, 0) is 59.5 Å². The molecule has 0 aliphatic heterocycles. The Morgan fingerprint density at radius 1 is 0.778 bits per heavy atom. The fraction of sp³-hybridized carbons (Fsp3) is 0.138. The molecule has 0 fully saturated rings. The van der Waals surface area contributed by atoms with Crippen molar-refractivity contribution in [1.29, 1.82) is 0 Å². The molecule has 36 heavy (non-hydrogen) atoms. The van der Waals surface area contributed by atoms with Crippen LogP contribution in [0.1, 0.15) is 18.9 Å². The summed E-state index contributed by atoms with van der Waals surface area (Å²) in [4.78, 5) is 12.9. The molecule has 0 aliphatic rings. The van der Waals surface area contributed by atoms with Crippen molar-refractivity contribution in [3.63, 3.8) is 0 Å². The van der Waals surface area contributed by atoms with Crippen LogP contribution in [0.5, 0.6) is 5.75 Å². The smallest absolute Gasteiger partial charge is 0.265 e. The second kappa shape index (κ2) is 11.7. The summed E-state index contributed by atoms with van der Waals surface area (Å²) >= 11 is 0. The molecule has 0 saturated heterocycles. The van der Waals surface area contributed by atoms with Gasteiger partial charge in [0.15, 0.2) is 6.10 Å². The molecule has 0 aromatic heterocycles. The molecule has 2 N–H and O–H groups in total. The molecule has 4 rings (SSSR count). The van der Waals surface area contributed by atoms with Gasteiger partial charge in [0, 0.05) is 12.2 Å². The minimum Gasteiger partial charge on any atom is -0.481 e. The fourth-order valence-electron chi connectivity index (χ4n) is 3.64. The highest BCUT2D eigenvalue weighted by Gasteiger charge is 2.19. The zero-order valence-electron chi connectivity index (χ0n) is 19.9. The molecular weight excluding hydrogens is 472 g/mol. The number of ether oxygens (including phenoxy) is 1. The predicted molar refractivity (Wildman–Crippen MR) is 142 cm³/mol. The van der Waals surface area contributed by atoms with E-state index in [0.29, 0.717) is 17.9 Å². The molecule has 0 bridgehead atoms. The minimum atomic E-state index is -3.68. The number of hydrogen-bond acceptors (Lipinski definition) is 4. The molecule has 1 atom stereocenters. The lowest BCUT2D eigenvalue weighted by Gasteiger charge is -2.18. The standard InChI is InChI=1S/C29H28N2O4S/c1-2-28(35-26-17-13-24(14-18-26)23-11-7-4-8-12-23)29(32)31-25-15-19-27(20-16-25)36(33,34)30-21-22-9-5-3-6-10-22/h3-20,28,30H,2,21H2,1H3,(H,31,32). The molecule has 0 saturated carbocycles. The van der Waals surface area contributed by atoms with Crippen LogP contribution in [0.15, 0.2) is 114 Å². The van der Waals surface area contributed by atoms with Gasteiger partial charge in [0.05, 0.1) is 4.90 Å². The van der Waals surface area contributed by atoms with Crippen molar-refractivity contribution in [3.8, 4) is 16.9 Å². The SMILES string of the molecule is CCC(Oc1ccc(-c2ccccc2)cc1)C(=O)Nc1ccc(S(=O)(=O)NCc2ccccc2)cc1. The quantitative estimate of drug-likeness (QED) is 0.296. The van der Waals surface area contributed by atoms with E-state index in [1.165, 1.54) is 12.1 Å². The van der Waals surface area contributed by atoms with Crippen LogP contribution in [0, 0.1) is 0 Å². The van der Waals surface area contributed by atoms with Gasteiger partial charge in [-0.25, -0.2) is 13.1 Å². The van der Waals surface area contributed by atoms with Gasteiger partial charge < -0.3 is 10.1 Å². The van der Waals surface area contributed by atoms with E-state index in [1.807, 2.05) is 91.9 Å². The minimum absolute atomic E-state index is 0.123. The first-order valence-corrected chi connectivity index (χ1v) is 13.2. The first kappa shape index (κ1) is 25.2. The van der Waals surface area contributed by atoms with Crippen molar-refractivity contribution < 1.29 is 17.9 Å². The van der Waals surface area contributed by atoms with Crippen LogP contribution in [-0.2, 0) is 21.4 Å². The molecule has 1 amide bonds. The van der Waals surface area contributed by atoms with Gasteiger partial charge in [-0.2, -0.15) is 0 Å². The second-order valence-electron chi connectivity index (χ2n) is 8.23. The number of hydrogen-bond donors (Lipinski definition) is 2. The first-order chi connectivity index (χ1) is 17.4. The zero-order chi connectivity index (χ0) is 25.4. The van der Waals surface area contributed by atoms with Gasteiger partial charge in [-0.15, -0.1) is 0 Å². The van der Waals surface area contributed by atoms with Crippen LogP contribution < -0.4 is 14.8 Å². The van der Waals surface area contributed by atoms with Gasteiger partial charge in [0.2, 0.25) is 10.0 Å². The number of amides is 1. The number of benzene rings is 4. The summed E-state index contributed by atoms with van der Waals surface area (Å²) in [6.07, 6.45) is -0.217. The van der Waals surface area contributed by atoms with Gasteiger partial charge >= 0.3 is 0 Å². The van der Waals surface area contributed by atoms with E-state index in [-0.39, 0.29) is 17.3 Å². The van der Waals surface area contributed by atoms with Crippen molar-refractivity contribution in [2.45, 2.75) is 30.9 Å². The molecule has 6 nitrogen and oxygen atoms in total. The summed E-state index contributed by atoms with van der Waals surface area (Å²) in [6.45, 7) is 2.07. The van der Waals surface area contributed by atoms with Crippen LogP contribution in [0.25, 0.3) is 11.1 Å². The zero-order valence-corrected chi connectivity index (χ0v) is 20.7. The predicted octanol–water partition coefficient (Wildman–Crippen LogP) is 5.63. The molecule has 7 heteroatoms. The number of nitrogens with one attached hydrogen (secondary N) is 2. The summed E-state index contributed by atoms with van der Waals surface area (Å²) < 4.78 is 33.7. The molecule has 0 heterocycles. The highest BCUT2D eigenvalue weighted by atomic mass is 32.2. The third-order valence-electron chi connectivity index (χ3n) is 5.64. The maximum atomic E-state index is 12.8. The van der Waals surface area contributed by atoms with Crippen molar-refractivity contribution in [1.82, 2.24) is 4.72 Å². The van der Waals surface area contributed by atoms with E-state index in [2.05, 4.69) is 10.0 Å². The Labute approximate surface area is 212 Å². The Bertz CT molecular complexity index is 1370. The Hall–Kier alpha value is -3.94. The van der Waals surface area contributed by atoms with E-state index >= 15 is 0 Å². The summed E-state index contributed by atoms with van der Waals surface area (Å²) in [7, 11) is -3.68. The number of rotatable bonds is 10. The number of sulfonamides is 1. The van der Waals surface area contributed by atoms with Gasteiger partial charge in [0.25, 0.3) is 5.91 Å². The van der Waals surface area contributed by atoms with E-state index in [4.69, 9.17) is 4.74 Å². The Morgan fingerprint density at radius 3 is 1.97 bits per heavy atom. The molecule has 184 valence electrons. The Kier molecular flexibility index (Phi) is 8.15. The van der Waals surface area contributed by atoms with Gasteiger partial charge in [-0.1, -0.05) is 79.7 Å². The van der Waals surface area contributed by atoms with Gasteiger partial charge in [-0.3, -0.25) is 4.79 Å². The normalized spacial score (nSPS) is 12.0. The Balaban J connectivity index is 1.35. The van der Waals surface area contributed by atoms with Crippen molar-refractivity contribution in [2.24, 2.45) is 0 Å². The van der Waals surface area contributed by atoms with Gasteiger partial charge in [0.1, 0.15) is 5.75 Å². The molecule has 0 aliphatic carbocycles. The van der Waals surface area contributed by atoms with Crippen LogP contribution in [-0.4, -0.2) is 20.4 Å². The summed E-state index contributed by atoms with van der Waals surface area (Å²) in [6, 6.07) is 33.0. The molecule has 0 spiro atoms. The third-order valence-corrected chi connectivity index (χ3v) is 7.06. The maximum absolute atomic E-state index is 12.8. The summed E-state index contributed by atoms with van der Waals surface area (Å²) in [5, 5.41) is 2.81. The molecule has 0 radical (unpaired) electrons. The first-order valence-electron chi connectivity index (χ1n) is 11.7. The molecule has 4 aromatic rings. The Morgan fingerprint density at radius 2 is 1.36 bits per heavy atom. The molecular formula is C29H28N2O4S. The second-order valence-corrected chi connectivity index (χ2v) is 10.00. The van der Waals surface area contributed by atoms with E-state index < -0.39 is 16.1 Å². The van der Waals surface area contributed by atoms with E-state index in [9.17, 15) is 13.2 Å². The monoisotopic (exact) mass is 500 g/mol. The average Bonchev–Trinajstić information content (AvgIpc) is 2.92. The van der Waals surface area contributed by atoms with Crippen molar-refractivity contribution in [2.75, 3.05) is 5.32 Å². The van der Waals surface area contributed by atoms with Crippen molar-refractivity contribution >= 4 is 21.6 Å². The van der Waals surface area contributed by atoms with Crippen LogP contribution in [0.4, 0.5) is 5.69 Å². The number of anilines is 1. The lowest BCUT2D eigenvalue weighted by Crippen LogP contribution is -2.32. The fourth-order valence-corrected chi connectivity index (χ4v) is 4.66. The van der Waals surface area contributed by atoms with E-state index in [0.717, 1.165) is 16.7 Å². The lowest BCUT2D eigenvalue weighted by atomic mass is 10.1. The van der Waals surface area contributed by atoms with Crippen molar-refractivity contribution in [3.05, 3.63) is 115 Å². The largest absolute Gasteiger partial charge is 0.481 e. The topological polar surface area (TPSA) is 84.5 Å². The summed E-state index contributed by atoms with van der Waals surface area (Å²) in [5.74, 6) is 0.296. The lowest BCUT2D eigenvalue weighted by molar-refractivity contribution is -0.122. The highest BCUT2D eigenvalue weighted by Crippen LogP contribution is 2.23. The highest BCUT2D eigenvalue weighted by molar-refractivity contribution is 7.89. The number of carbonyl (C=O) groups is 1. The summed E-state index contributed by atoms with van der Waals surface area (Å²) in [5.41, 5.74) is 3.53. The molecule has 4 aromatic carbocycles. The van der Waals surface area contributed by atoms with Crippen LogP contribution in [0.2, 0.25) is 0 Å². The average molecular weight is 501 g/mol. The van der Waals surface area contributed by atoms with Crippen LogP contribution in [0.3, 0.4) is 0 Å². The number of carbonyl (C=O) groups excluding carboxylic acids is 1. The van der Waals surface area contributed by atoms with E-state index in [1.54, 1.807) is 12.1 Å². The maximum Gasteiger partial charge on any atom is 0.265 e.